The van der Waals surface area contributed by atoms with Crippen LogP contribution in [0.15, 0.2) is 89.3 Å². The predicted molar refractivity (Wildman–Crippen MR) is 117 cm³/mol. The smallest absolute Gasteiger partial charge is 0.375 e. The summed E-state index contributed by atoms with van der Waals surface area (Å²) in [4.78, 5) is 26.6. The minimum absolute atomic E-state index is 0.0345. The maximum atomic E-state index is 12.8. The van der Waals surface area contributed by atoms with E-state index in [9.17, 15) is 9.59 Å². The fourth-order valence-corrected chi connectivity index (χ4v) is 3.16. The van der Waals surface area contributed by atoms with Crippen LogP contribution in [-0.4, -0.2) is 25.5 Å². The molecule has 1 amide bonds. The summed E-state index contributed by atoms with van der Waals surface area (Å²) in [7, 11) is 1.63. The zero-order valence-electron chi connectivity index (χ0n) is 17.0. The van der Waals surface area contributed by atoms with Crippen molar-refractivity contribution in [3.8, 4) is 5.75 Å². The third-order valence-electron chi connectivity index (χ3n) is 4.85. The van der Waals surface area contributed by atoms with Crippen LogP contribution in [0.1, 0.15) is 16.1 Å². The molecule has 0 spiro atoms. The van der Waals surface area contributed by atoms with Crippen LogP contribution in [0.5, 0.6) is 5.75 Å². The summed E-state index contributed by atoms with van der Waals surface area (Å²) in [6.07, 6.45) is 0. The second-order valence-corrected chi connectivity index (χ2v) is 6.87. The van der Waals surface area contributed by atoms with Crippen LogP contribution in [0.25, 0.3) is 11.0 Å². The van der Waals surface area contributed by atoms with Crippen molar-refractivity contribution < 1.29 is 23.5 Å². The molecule has 31 heavy (non-hydrogen) atoms. The van der Waals surface area contributed by atoms with Crippen LogP contribution >= 0.6 is 0 Å². The number of ether oxygens (including phenoxy) is 2. The summed E-state index contributed by atoms with van der Waals surface area (Å²) in [5.74, 6) is -0.352. The minimum atomic E-state index is -0.710. The van der Waals surface area contributed by atoms with Gasteiger partial charge in [-0.15, -0.1) is 0 Å². The zero-order valence-corrected chi connectivity index (χ0v) is 17.0. The third kappa shape index (κ3) is 4.59. The van der Waals surface area contributed by atoms with E-state index < -0.39 is 12.6 Å². The minimum Gasteiger partial charge on any atom is -0.489 e. The molecule has 0 fully saturated rings. The van der Waals surface area contributed by atoms with Gasteiger partial charge in [0.2, 0.25) is 5.76 Å². The Hall–Kier alpha value is -4.06. The Balaban J connectivity index is 1.50. The van der Waals surface area contributed by atoms with Crippen molar-refractivity contribution in [3.05, 3.63) is 96.3 Å². The van der Waals surface area contributed by atoms with Crippen molar-refractivity contribution in [1.29, 1.82) is 0 Å². The maximum absolute atomic E-state index is 12.8. The van der Waals surface area contributed by atoms with Gasteiger partial charge in [-0.05, 0) is 30.3 Å². The number of likely N-dealkylation sites (N-methyl/N-ethyl adjacent to an activating group) is 1. The SMILES string of the molecule is CN(C(=O)COC(=O)c1oc2ccccc2c1COc1ccccc1)c1ccccc1. The number of hydrogen-bond donors (Lipinski definition) is 0. The molecule has 0 N–H and O–H groups in total. The summed E-state index contributed by atoms with van der Waals surface area (Å²) in [5.41, 5.74) is 1.84. The average molecular weight is 415 g/mol. The molecule has 1 heterocycles. The molecule has 0 aliphatic rings. The van der Waals surface area contributed by atoms with Crippen LogP contribution < -0.4 is 9.64 Å². The molecule has 1 aromatic heterocycles. The van der Waals surface area contributed by atoms with Crippen molar-refractivity contribution in [3.63, 3.8) is 0 Å². The fraction of sp³-hybridized carbons (Fsp3) is 0.120. The standard InChI is InChI=1S/C25H21NO5/c1-26(18-10-4-2-5-11-18)23(27)17-30-25(28)24-21(16-29-19-12-6-3-7-13-19)20-14-8-9-15-22(20)31-24/h2-15H,16-17H2,1H3. The number of fused-ring (bicyclic) bond motifs is 1. The predicted octanol–water partition coefficient (Wildman–Crippen LogP) is 4.83. The van der Waals surface area contributed by atoms with Gasteiger partial charge in [-0.2, -0.15) is 0 Å². The van der Waals surface area contributed by atoms with Crippen molar-refractivity contribution >= 4 is 28.5 Å². The molecule has 3 aromatic carbocycles. The lowest BCUT2D eigenvalue weighted by atomic mass is 10.1. The number of nitrogens with zero attached hydrogens (tertiary/aromatic N) is 1. The highest BCUT2D eigenvalue weighted by atomic mass is 16.5. The van der Waals surface area contributed by atoms with E-state index in [2.05, 4.69) is 0 Å². The lowest BCUT2D eigenvalue weighted by molar-refractivity contribution is -0.121. The van der Waals surface area contributed by atoms with Crippen LogP contribution in [-0.2, 0) is 16.1 Å². The summed E-state index contributed by atoms with van der Waals surface area (Å²) >= 11 is 0. The van der Waals surface area contributed by atoms with E-state index in [4.69, 9.17) is 13.9 Å². The third-order valence-corrected chi connectivity index (χ3v) is 4.85. The highest BCUT2D eigenvalue weighted by Gasteiger charge is 2.24. The highest BCUT2D eigenvalue weighted by molar-refractivity contribution is 5.99. The summed E-state index contributed by atoms with van der Waals surface area (Å²) in [6, 6.07) is 25.7. The van der Waals surface area contributed by atoms with Crippen LogP contribution in [0.4, 0.5) is 5.69 Å². The summed E-state index contributed by atoms with van der Waals surface area (Å²) in [6.45, 7) is -0.274. The van der Waals surface area contributed by atoms with Crippen molar-refractivity contribution in [2.45, 2.75) is 6.61 Å². The first-order valence-corrected chi connectivity index (χ1v) is 9.80. The molecule has 0 atom stereocenters. The molecule has 4 aromatic rings. The highest BCUT2D eigenvalue weighted by Crippen LogP contribution is 2.28. The first kappa shape index (κ1) is 20.2. The van der Waals surface area contributed by atoms with Gasteiger partial charge in [-0.1, -0.05) is 54.6 Å². The van der Waals surface area contributed by atoms with Crippen molar-refractivity contribution in [1.82, 2.24) is 0 Å². The number of furan rings is 1. The molecule has 0 aliphatic heterocycles. The number of hydrogen-bond acceptors (Lipinski definition) is 5. The molecule has 0 saturated carbocycles. The molecule has 6 nitrogen and oxygen atoms in total. The van der Waals surface area contributed by atoms with E-state index in [1.807, 2.05) is 66.7 Å². The summed E-state index contributed by atoms with van der Waals surface area (Å²) < 4.78 is 16.9. The second-order valence-electron chi connectivity index (χ2n) is 6.87. The first-order valence-electron chi connectivity index (χ1n) is 9.80. The lowest BCUT2D eigenvalue weighted by Gasteiger charge is -2.16. The first-order chi connectivity index (χ1) is 15.1. The largest absolute Gasteiger partial charge is 0.489 e. The Morgan fingerprint density at radius 3 is 2.26 bits per heavy atom. The monoisotopic (exact) mass is 415 g/mol. The van der Waals surface area contributed by atoms with E-state index in [0.717, 1.165) is 5.39 Å². The van der Waals surface area contributed by atoms with Gasteiger partial charge >= 0.3 is 5.97 Å². The Bertz CT molecular complexity index is 1180. The van der Waals surface area contributed by atoms with Gasteiger partial charge in [0.25, 0.3) is 5.91 Å². The number of amides is 1. The molecule has 0 radical (unpaired) electrons. The van der Waals surface area contributed by atoms with Crippen molar-refractivity contribution in [2.75, 3.05) is 18.6 Å². The number of anilines is 1. The van der Waals surface area contributed by atoms with Gasteiger partial charge in [0.05, 0.1) is 5.56 Å². The number of rotatable bonds is 7. The Morgan fingerprint density at radius 2 is 1.52 bits per heavy atom. The number of carbonyl (C=O) groups is 2. The van der Waals surface area contributed by atoms with E-state index >= 15 is 0 Å². The van der Waals surface area contributed by atoms with Crippen LogP contribution in [0.3, 0.4) is 0 Å². The fourth-order valence-electron chi connectivity index (χ4n) is 3.16. The van der Waals surface area contributed by atoms with Gasteiger partial charge in [0.15, 0.2) is 6.61 Å². The average Bonchev–Trinajstić information content (AvgIpc) is 3.20. The number of esters is 1. The number of carbonyl (C=O) groups excluding carboxylic acids is 2. The van der Waals surface area contributed by atoms with Gasteiger partial charge in [-0.25, -0.2) is 4.79 Å². The maximum Gasteiger partial charge on any atom is 0.375 e. The molecule has 156 valence electrons. The van der Waals surface area contributed by atoms with E-state index in [0.29, 0.717) is 22.6 Å². The zero-order chi connectivity index (χ0) is 21.6. The molecule has 4 rings (SSSR count). The van der Waals surface area contributed by atoms with Gasteiger partial charge in [0, 0.05) is 18.1 Å². The Morgan fingerprint density at radius 1 is 0.871 bits per heavy atom. The Labute approximate surface area is 179 Å². The molecular formula is C25H21NO5. The summed E-state index contributed by atoms with van der Waals surface area (Å²) in [5, 5.41) is 0.762. The Kier molecular flexibility index (Phi) is 5.98. The van der Waals surface area contributed by atoms with Gasteiger partial charge in [0.1, 0.15) is 17.9 Å². The normalized spacial score (nSPS) is 10.6. The molecule has 0 bridgehead atoms. The van der Waals surface area contributed by atoms with Gasteiger partial charge in [-0.3, -0.25) is 4.79 Å². The van der Waals surface area contributed by atoms with Crippen LogP contribution in [0.2, 0.25) is 0 Å². The second kappa shape index (κ2) is 9.17. The topological polar surface area (TPSA) is 69.0 Å². The van der Waals surface area contributed by atoms with Crippen molar-refractivity contribution in [2.24, 2.45) is 0 Å². The molecular weight excluding hydrogens is 394 g/mol. The molecule has 6 heteroatoms. The molecule has 0 unspecified atom stereocenters. The van der Waals surface area contributed by atoms with Gasteiger partial charge < -0.3 is 18.8 Å². The van der Waals surface area contributed by atoms with Crippen LogP contribution in [0, 0.1) is 0 Å². The molecule has 0 saturated heterocycles. The number of benzene rings is 3. The lowest BCUT2D eigenvalue weighted by Crippen LogP contribution is -2.31. The van der Waals surface area contributed by atoms with E-state index in [-0.39, 0.29) is 18.3 Å². The van der Waals surface area contributed by atoms with E-state index in [1.54, 1.807) is 25.2 Å². The molecule has 0 aliphatic carbocycles. The number of para-hydroxylation sites is 3. The van der Waals surface area contributed by atoms with E-state index in [1.165, 1.54) is 4.90 Å². The quantitative estimate of drug-likeness (QED) is 0.404.